The van der Waals surface area contributed by atoms with Gasteiger partial charge in [0.1, 0.15) is 11.5 Å². The molecule has 1 aromatic carbocycles. The van der Waals surface area contributed by atoms with Crippen molar-refractivity contribution in [2.75, 3.05) is 6.61 Å². The third-order valence-electron chi connectivity index (χ3n) is 3.49. The van der Waals surface area contributed by atoms with Crippen molar-refractivity contribution in [1.29, 1.82) is 0 Å². The minimum Gasteiger partial charge on any atom is -0.508 e. The summed E-state index contributed by atoms with van der Waals surface area (Å²) in [6, 6.07) is 7.66. The fraction of sp³-hybridized carbons (Fsp3) is 0.600. The highest BCUT2D eigenvalue weighted by Crippen LogP contribution is 2.42. The van der Waals surface area contributed by atoms with Crippen molar-refractivity contribution in [3.05, 3.63) is 29.8 Å². The third-order valence-corrected chi connectivity index (χ3v) is 3.49. The Morgan fingerprint density at radius 2 is 1.78 bits per heavy atom. The molecule has 100 valence electrons. The van der Waals surface area contributed by atoms with Crippen LogP contribution in [0.25, 0.3) is 0 Å². The number of phenolic OH excluding ortho intramolecular Hbond substituents is 1. The van der Waals surface area contributed by atoms with Crippen LogP contribution in [0.1, 0.15) is 46.2 Å². The Morgan fingerprint density at radius 1 is 1.22 bits per heavy atom. The first kappa shape index (κ1) is 13.4. The average molecular weight is 249 g/mol. The lowest BCUT2D eigenvalue weighted by Gasteiger charge is -2.43. The van der Waals surface area contributed by atoms with Crippen LogP contribution in [0.15, 0.2) is 24.3 Å². The predicted octanol–water partition coefficient (Wildman–Crippen LogP) is 3.30. The van der Waals surface area contributed by atoms with E-state index in [9.17, 15) is 5.11 Å². The van der Waals surface area contributed by atoms with E-state index in [2.05, 4.69) is 39.5 Å². The van der Waals surface area contributed by atoms with Crippen molar-refractivity contribution in [1.82, 2.24) is 4.90 Å². The molecule has 0 bridgehead atoms. The first-order valence-corrected chi connectivity index (χ1v) is 6.44. The zero-order chi connectivity index (χ0) is 13.6. The molecule has 3 heteroatoms. The van der Waals surface area contributed by atoms with Crippen LogP contribution in [0.2, 0.25) is 0 Å². The van der Waals surface area contributed by atoms with Crippen LogP contribution in [0, 0.1) is 0 Å². The molecule has 1 aliphatic rings. The van der Waals surface area contributed by atoms with Gasteiger partial charge < -0.3 is 9.84 Å². The van der Waals surface area contributed by atoms with Gasteiger partial charge in [-0.1, -0.05) is 12.1 Å². The second-order valence-electron chi connectivity index (χ2n) is 6.41. The van der Waals surface area contributed by atoms with E-state index >= 15 is 0 Å². The molecule has 0 amide bonds. The second-order valence-corrected chi connectivity index (χ2v) is 6.41. The highest BCUT2D eigenvalue weighted by molar-refractivity contribution is 5.29. The zero-order valence-electron chi connectivity index (χ0n) is 11.9. The number of hydrogen-bond acceptors (Lipinski definition) is 3. The van der Waals surface area contributed by atoms with Crippen LogP contribution in [-0.4, -0.2) is 27.9 Å². The molecule has 0 unspecified atom stereocenters. The lowest BCUT2D eigenvalue weighted by Crippen LogP contribution is -2.51. The minimum atomic E-state index is -0.263. The van der Waals surface area contributed by atoms with E-state index in [1.54, 1.807) is 12.1 Å². The Balaban J connectivity index is 2.36. The Bertz CT molecular complexity index is 417. The molecule has 1 saturated heterocycles. The highest BCUT2D eigenvalue weighted by Gasteiger charge is 2.46. The maximum absolute atomic E-state index is 9.38. The molecule has 0 aromatic heterocycles. The van der Waals surface area contributed by atoms with Gasteiger partial charge in [0.05, 0.1) is 12.6 Å². The van der Waals surface area contributed by atoms with E-state index in [4.69, 9.17) is 4.74 Å². The number of ether oxygens (including phenoxy) is 1. The van der Waals surface area contributed by atoms with Gasteiger partial charge >= 0.3 is 0 Å². The molecule has 2 rings (SSSR count). The van der Waals surface area contributed by atoms with E-state index in [1.165, 1.54) is 5.56 Å². The van der Waals surface area contributed by atoms with Gasteiger partial charge in [0, 0.05) is 5.54 Å². The van der Waals surface area contributed by atoms with Crippen molar-refractivity contribution in [3.63, 3.8) is 0 Å². The Morgan fingerprint density at radius 3 is 2.28 bits per heavy atom. The van der Waals surface area contributed by atoms with Crippen LogP contribution < -0.4 is 0 Å². The lowest BCUT2D eigenvalue weighted by atomic mass is 9.96. The predicted molar refractivity (Wildman–Crippen MR) is 72.5 cm³/mol. The molecular weight excluding hydrogens is 226 g/mol. The van der Waals surface area contributed by atoms with E-state index in [0.29, 0.717) is 12.4 Å². The van der Waals surface area contributed by atoms with Crippen molar-refractivity contribution >= 4 is 0 Å². The topological polar surface area (TPSA) is 32.7 Å². The van der Waals surface area contributed by atoms with Crippen LogP contribution in [0.4, 0.5) is 0 Å². The molecule has 1 N–H and O–H groups in total. The average Bonchev–Trinajstić information content (AvgIpc) is 2.54. The van der Waals surface area contributed by atoms with Gasteiger partial charge in [-0.3, -0.25) is 4.90 Å². The van der Waals surface area contributed by atoms with Gasteiger partial charge in [-0.25, -0.2) is 0 Å². The van der Waals surface area contributed by atoms with Gasteiger partial charge in [0.25, 0.3) is 0 Å². The SMILES string of the molecule is CC(C)(C)N1[C@H](c2ccc(O)cc2)COC1(C)C. The van der Waals surface area contributed by atoms with Gasteiger partial charge in [0.15, 0.2) is 0 Å². The van der Waals surface area contributed by atoms with Crippen LogP contribution in [0.3, 0.4) is 0 Å². The van der Waals surface area contributed by atoms with E-state index in [-0.39, 0.29) is 17.3 Å². The first-order valence-electron chi connectivity index (χ1n) is 6.44. The Labute approximate surface area is 109 Å². The van der Waals surface area contributed by atoms with Crippen LogP contribution in [0.5, 0.6) is 5.75 Å². The molecule has 3 nitrogen and oxygen atoms in total. The number of benzene rings is 1. The molecule has 1 aromatic rings. The lowest BCUT2D eigenvalue weighted by molar-refractivity contribution is -0.0919. The molecule has 0 saturated carbocycles. The van der Waals surface area contributed by atoms with Gasteiger partial charge in [0.2, 0.25) is 0 Å². The standard InChI is InChI=1S/C15H23NO2/c1-14(2,3)16-13(10-18-15(16,4)5)11-6-8-12(17)9-7-11/h6-9,13,17H,10H2,1-5H3/t13-/m0/s1. The largest absolute Gasteiger partial charge is 0.508 e. The van der Waals surface area contributed by atoms with Gasteiger partial charge in [-0.05, 0) is 52.3 Å². The van der Waals surface area contributed by atoms with Crippen LogP contribution in [-0.2, 0) is 4.74 Å². The number of aromatic hydroxyl groups is 1. The summed E-state index contributed by atoms with van der Waals surface area (Å²) in [6.07, 6.45) is 0. The number of nitrogens with zero attached hydrogens (tertiary/aromatic N) is 1. The maximum Gasteiger partial charge on any atom is 0.117 e. The maximum atomic E-state index is 9.38. The molecular formula is C15H23NO2. The van der Waals surface area contributed by atoms with Crippen molar-refractivity contribution in [3.8, 4) is 5.75 Å². The summed E-state index contributed by atoms with van der Waals surface area (Å²) < 4.78 is 5.94. The highest BCUT2D eigenvalue weighted by atomic mass is 16.5. The fourth-order valence-corrected chi connectivity index (χ4v) is 3.02. The third kappa shape index (κ3) is 2.38. The first-order chi connectivity index (χ1) is 8.22. The normalized spacial score (nSPS) is 24.4. The monoisotopic (exact) mass is 249 g/mol. The molecule has 1 aliphatic heterocycles. The molecule has 1 atom stereocenters. The number of hydrogen-bond donors (Lipinski definition) is 1. The van der Waals surface area contributed by atoms with Crippen molar-refractivity contribution in [2.24, 2.45) is 0 Å². The smallest absolute Gasteiger partial charge is 0.117 e. The van der Waals surface area contributed by atoms with Crippen molar-refractivity contribution in [2.45, 2.75) is 51.9 Å². The minimum absolute atomic E-state index is 0.0303. The van der Waals surface area contributed by atoms with E-state index in [0.717, 1.165) is 0 Å². The summed E-state index contributed by atoms with van der Waals surface area (Å²) in [6.45, 7) is 11.5. The summed E-state index contributed by atoms with van der Waals surface area (Å²) in [4.78, 5) is 2.40. The molecule has 18 heavy (non-hydrogen) atoms. The number of phenols is 1. The molecule has 1 fully saturated rings. The van der Waals surface area contributed by atoms with E-state index < -0.39 is 0 Å². The fourth-order valence-electron chi connectivity index (χ4n) is 3.02. The van der Waals surface area contributed by atoms with Crippen molar-refractivity contribution < 1.29 is 9.84 Å². The molecule has 1 heterocycles. The van der Waals surface area contributed by atoms with Gasteiger partial charge in [-0.2, -0.15) is 0 Å². The number of rotatable bonds is 1. The second kappa shape index (κ2) is 4.25. The summed E-state index contributed by atoms with van der Waals surface area (Å²) >= 11 is 0. The van der Waals surface area contributed by atoms with Crippen LogP contribution >= 0.6 is 0 Å². The quantitative estimate of drug-likeness (QED) is 0.829. The Hall–Kier alpha value is -1.06. The van der Waals surface area contributed by atoms with E-state index in [1.807, 2.05) is 12.1 Å². The summed E-state index contributed by atoms with van der Waals surface area (Å²) in [5.41, 5.74) is 0.955. The summed E-state index contributed by atoms with van der Waals surface area (Å²) in [7, 11) is 0. The molecule has 0 aliphatic carbocycles. The molecule has 0 spiro atoms. The molecule has 0 radical (unpaired) electrons. The summed E-state index contributed by atoms with van der Waals surface area (Å²) in [5.74, 6) is 0.305. The Kier molecular flexibility index (Phi) is 3.16. The summed E-state index contributed by atoms with van der Waals surface area (Å²) in [5, 5.41) is 9.38. The van der Waals surface area contributed by atoms with Gasteiger partial charge in [-0.15, -0.1) is 0 Å². The zero-order valence-corrected chi connectivity index (χ0v) is 11.9.